The van der Waals surface area contributed by atoms with Crippen molar-refractivity contribution in [3.8, 4) is 5.75 Å². The van der Waals surface area contributed by atoms with Crippen LogP contribution >= 0.6 is 69.6 Å². The number of ether oxygens (including phenoxy) is 2. The Morgan fingerprint density at radius 1 is 1.00 bits per heavy atom. The molecule has 13 heteroatoms. The summed E-state index contributed by atoms with van der Waals surface area (Å²) in [6.45, 7) is -1.22. The van der Waals surface area contributed by atoms with Gasteiger partial charge in [0.2, 0.25) is 7.59 Å². The number of hydrogen-bond acceptors (Lipinski definition) is 5. The van der Waals surface area contributed by atoms with Crippen LogP contribution in [0.4, 0.5) is 15.3 Å². The molecule has 7 nitrogen and oxygen atoms in total. The number of para-hydroxylation sites is 2. The molecule has 0 aliphatic heterocycles. The monoisotopic (exact) mass is 472 g/mol. The van der Waals surface area contributed by atoms with Crippen molar-refractivity contribution in [1.82, 2.24) is 5.43 Å². The van der Waals surface area contributed by atoms with Gasteiger partial charge in [-0.1, -0.05) is 81.7 Å². The van der Waals surface area contributed by atoms with Gasteiger partial charge in [-0.25, -0.2) is 15.0 Å². The number of carbonyl (C=O) groups is 2. The second kappa shape index (κ2) is 9.30. The number of hydrazine groups is 1. The Morgan fingerprint density at radius 3 is 2.04 bits per heavy atom. The highest BCUT2D eigenvalue weighted by molar-refractivity contribution is 6.68. The predicted molar refractivity (Wildman–Crippen MR) is 97.0 cm³/mol. The van der Waals surface area contributed by atoms with Crippen LogP contribution in [0.1, 0.15) is 0 Å². The van der Waals surface area contributed by atoms with Gasteiger partial charge in [0, 0.05) is 0 Å². The van der Waals surface area contributed by atoms with Gasteiger partial charge in [-0.3, -0.25) is 0 Å². The summed E-state index contributed by atoms with van der Waals surface area (Å²) >= 11 is 32.8. The molecule has 0 bridgehead atoms. The Kier molecular flexibility index (Phi) is 8.31. The molecule has 25 heavy (non-hydrogen) atoms. The van der Waals surface area contributed by atoms with Crippen molar-refractivity contribution >= 4 is 87.5 Å². The van der Waals surface area contributed by atoms with Gasteiger partial charge in [-0.2, -0.15) is 5.01 Å². The Labute approximate surface area is 172 Å². The summed E-state index contributed by atoms with van der Waals surface area (Å²) in [4.78, 5) is 23.9. The molecular formula is C12H10Cl6N2O5. The third-order valence-electron chi connectivity index (χ3n) is 2.23. The number of carbonyl (C=O) groups excluding carboxylic acids is 2. The van der Waals surface area contributed by atoms with Crippen molar-refractivity contribution in [2.75, 3.05) is 18.2 Å². The lowest BCUT2D eigenvalue weighted by Gasteiger charge is -2.24. The zero-order valence-electron chi connectivity index (χ0n) is 12.0. The van der Waals surface area contributed by atoms with Crippen LogP contribution in [0.3, 0.4) is 0 Å². The Hall–Kier alpha value is -0.700. The standard InChI is InChI=1S/C12H10Cl6N2O5/c13-11(14,15)5-24-9(22)19-20(7-3-1-2-4-8(7)21)10(23)25-6-12(16,17)18/h1-4,21H,5-6H2,(H,19,22). The topological polar surface area (TPSA) is 88.1 Å². The number of anilines is 1. The molecule has 0 aromatic heterocycles. The van der Waals surface area contributed by atoms with Gasteiger partial charge < -0.3 is 14.6 Å². The molecule has 0 unspecified atom stereocenters. The molecule has 2 amide bonds. The maximum atomic E-state index is 12.1. The number of rotatable bonds is 3. The number of alkyl halides is 6. The lowest BCUT2D eigenvalue weighted by molar-refractivity contribution is 0.135. The van der Waals surface area contributed by atoms with E-state index in [9.17, 15) is 14.7 Å². The zero-order chi connectivity index (χ0) is 19.3. The first-order valence-electron chi connectivity index (χ1n) is 6.21. The number of benzene rings is 1. The van der Waals surface area contributed by atoms with Crippen molar-refractivity contribution in [3.63, 3.8) is 0 Å². The highest BCUT2D eigenvalue weighted by Gasteiger charge is 2.29. The molecule has 0 saturated heterocycles. The van der Waals surface area contributed by atoms with Crippen LogP contribution in [-0.4, -0.2) is 38.1 Å². The van der Waals surface area contributed by atoms with E-state index in [1.165, 1.54) is 24.3 Å². The van der Waals surface area contributed by atoms with Crippen LogP contribution in [-0.2, 0) is 9.47 Å². The molecule has 0 aliphatic carbocycles. The third kappa shape index (κ3) is 8.99. The fraction of sp³-hybridized carbons (Fsp3) is 0.333. The molecule has 1 rings (SSSR count). The normalized spacial score (nSPS) is 11.6. The third-order valence-corrected chi connectivity index (χ3v) is 2.89. The summed E-state index contributed by atoms with van der Waals surface area (Å²) in [7, 11) is 0. The van der Waals surface area contributed by atoms with Crippen LogP contribution in [0.5, 0.6) is 5.75 Å². The fourth-order valence-corrected chi connectivity index (χ4v) is 1.66. The lowest BCUT2D eigenvalue weighted by atomic mass is 10.3. The SMILES string of the molecule is O=C(NN(C(=O)OCC(Cl)(Cl)Cl)c1ccccc1O)OCC(Cl)(Cl)Cl. The Bertz CT molecular complexity index is 619. The molecule has 140 valence electrons. The van der Waals surface area contributed by atoms with E-state index in [0.29, 0.717) is 5.01 Å². The van der Waals surface area contributed by atoms with Gasteiger partial charge >= 0.3 is 12.2 Å². The number of amides is 2. The second-order valence-corrected chi connectivity index (χ2v) is 9.33. The average Bonchev–Trinajstić information content (AvgIpc) is 2.48. The first-order chi connectivity index (χ1) is 11.4. The zero-order valence-corrected chi connectivity index (χ0v) is 16.6. The number of nitrogens with zero attached hydrogens (tertiary/aromatic N) is 1. The maximum absolute atomic E-state index is 12.1. The van der Waals surface area contributed by atoms with Crippen molar-refractivity contribution in [2.45, 2.75) is 7.59 Å². The Balaban J connectivity index is 2.91. The van der Waals surface area contributed by atoms with E-state index < -0.39 is 33.0 Å². The molecule has 0 saturated carbocycles. The molecule has 0 spiro atoms. The largest absolute Gasteiger partial charge is 0.506 e. The van der Waals surface area contributed by atoms with Gasteiger partial charge in [0.1, 0.15) is 24.7 Å². The molecular weight excluding hydrogens is 465 g/mol. The molecule has 1 aromatic carbocycles. The van der Waals surface area contributed by atoms with E-state index in [1.807, 2.05) is 5.43 Å². The minimum atomic E-state index is -1.88. The number of nitrogens with one attached hydrogen (secondary N) is 1. The van der Waals surface area contributed by atoms with E-state index in [4.69, 9.17) is 74.3 Å². The minimum absolute atomic E-state index is 0.136. The number of halogens is 6. The summed E-state index contributed by atoms with van der Waals surface area (Å²) in [6, 6.07) is 5.55. The van der Waals surface area contributed by atoms with Crippen LogP contribution < -0.4 is 10.4 Å². The highest BCUT2D eigenvalue weighted by Crippen LogP contribution is 2.29. The van der Waals surface area contributed by atoms with Gasteiger partial charge in [-0.15, -0.1) is 0 Å². The number of phenols is 1. The molecule has 0 fully saturated rings. The highest BCUT2D eigenvalue weighted by atomic mass is 35.6. The summed E-state index contributed by atoms with van der Waals surface area (Å²) in [5.41, 5.74) is 1.88. The average molecular weight is 475 g/mol. The van der Waals surface area contributed by atoms with Gasteiger partial charge in [0.15, 0.2) is 0 Å². The molecule has 0 aliphatic rings. The van der Waals surface area contributed by atoms with Crippen LogP contribution in [0.2, 0.25) is 0 Å². The van der Waals surface area contributed by atoms with Gasteiger partial charge in [0.25, 0.3) is 0 Å². The van der Waals surface area contributed by atoms with Crippen molar-refractivity contribution in [1.29, 1.82) is 0 Å². The van der Waals surface area contributed by atoms with E-state index in [0.717, 1.165) is 0 Å². The van der Waals surface area contributed by atoms with Crippen molar-refractivity contribution in [3.05, 3.63) is 24.3 Å². The van der Waals surface area contributed by atoms with Crippen LogP contribution in [0, 0.1) is 0 Å². The smallest absolute Gasteiger partial charge is 0.433 e. The summed E-state index contributed by atoms with van der Waals surface area (Å²) in [5, 5.41) is 10.4. The number of phenolic OH excluding ortho intramolecular Hbond substituents is 1. The van der Waals surface area contributed by atoms with E-state index in [2.05, 4.69) is 4.74 Å². The molecule has 2 N–H and O–H groups in total. The summed E-state index contributed by atoms with van der Waals surface area (Å²) in [6.07, 6.45) is -2.33. The first kappa shape index (κ1) is 22.3. The first-order valence-corrected chi connectivity index (χ1v) is 8.47. The van der Waals surface area contributed by atoms with Crippen LogP contribution in [0.15, 0.2) is 24.3 Å². The molecule has 0 heterocycles. The molecule has 0 radical (unpaired) electrons. The predicted octanol–water partition coefficient (Wildman–Crippen LogP) is 4.72. The minimum Gasteiger partial charge on any atom is -0.506 e. The molecule has 1 aromatic rings. The number of aromatic hydroxyl groups is 1. The quantitative estimate of drug-likeness (QED) is 0.489. The maximum Gasteiger partial charge on any atom is 0.433 e. The van der Waals surface area contributed by atoms with Crippen LogP contribution in [0.25, 0.3) is 0 Å². The van der Waals surface area contributed by atoms with Crippen molar-refractivity contribution in [2.24, 2.45) is 0 Å². The molecule has 0 atom stereocenters. The van der Waals surface area contributed by atoms with Gasteiger partial charge in [0.05, 0.1) is 0 Å². The van der Waals surface area contributed by atoms with Crippen molar-refractivity contribution < 1.29 is 24.2 Å². The fourth-order valence-electron chi connectivity index (χ4n) is 1.34. The summed E-state index contributed by atoms with van der Waals surface area (Å²) < 4.78 is 5.66. The summed E-state index contributed by atoms with van der Waals surface area (Å²) in [5.74, 6) is -0.352. The van der Waals surface area contributed by atoms with E-state index >= 15 is 0 Å². The number of hydrogen-bond donors (Lipinski definition) is 2. The van der Waals surface area contributed by atoms with E-state index in [1.54, 1.807) is 0 Å². The van der Waals surface area contributed by atoms with Gasteiger partial charge in [-0.05, 0) is 12.1 Å². The lowest BCUT2D eigenvalue weighted by Crippen LogP contribution is -2.48. The Morgan fingerprint density at radius 2 is 1.52 bits per heavy atom. The second-order valence-electron chi connectivity index (χ2n) is 4.30. The van der Waals surface area contributed by atoms with E-state index in [-0.39, 0.29) is 11.4 Å².